The van der Waals surface area contributed by atoms with Crippen molar-refractivity contribution in [3.63, 3.8) is 0 Å². The number of allylic oxidation sites excluding steroid dienone is 2. The molecule has 0 spiro atoms. The highest BCUT2D eigenvalue weighted by atomic mass is 19.1. The molecule has 0 aliphatic rings. The zero-order chi connectivity index (χ0) is 10.6. The van der Waals surface area contributed by atoms with Gasteiger partial charge in [0.1, 0.15) is 5.82 Å². The lowest BCUT2D eigenvalue weighted by atomic mass is 10.2. The summed E-state index contributed by atoms with van der Waals surface area (Å²) in [6, 6.07) is 6.24. The maximum Gasteiger partial charge on any atom is 0.123 e. The molecule has 0 aromatic heterocycles. The van der Waals surface area contributed by atoms with Gasteiger partial charge in [0, 0.05) is 11.4 Å². The molecule has 0 atom stereocenters. The summed E-state index contributed by atoms with van der Waals surface area (Å²) in [5, 5.41) is 3.15. The fourth-order valence-electron chi connectivity index (χ4n) is 1.11. The smallest absolute Gasteiger partial charge is 0.123 e. The number of hydrogen-bond donors (Lipinski definition) is 1. The average Bonchev–Trinajstić information content (AvgIpc) is 2.16. The van der Waals surface area contributed by atoms with E-state index in [2.05, 4.69) is 11.9 Å². The van der Waals surface area contributed by atoms with Gasteiger partial charge < -0.3 is 5.32 Å². The monoisotopic (exact) mass is 191 g/mol. The Morgan fingerprint density at radius 1 is 1.36 bits per heavy atom. The Labute approximate surface area is 84.0 Å². The van der Waals surface area contributed by atoms with Crippen molar-refractivity contribution in [2.75, 3.05) is 5.32 Å². The first-order valence-electron chi connectivity index (χ1n) is 4.48. The van der Waals surface area contributed by atoms with E-state index in [1.807, 2.05) is 19.9 Å². The van der Waals surface area contributed by atoms with Crippen molar-refractivity contribution in [3.8, 4) is 0 Å². The molecule has 0 radical (unpaired) electrons. The summed E-state index contributed by atoms with van der Waals surface area (Å²) in [4.78, 5) is 0. The lowest BCUT2D eigenvalue weighted by Gasteiger charge is -2.09. The van der Waals surface area contributed by atoms with Crippen molar-refractivity contribution in [2.24, 2.45) is 0 Å². The van der Waals surface area contributed by atoms with E-state index < -0.39 is 0 Å². The number of halogens is 1. The van der Waals surface area contributed by atoms with Gasteiger partial charge in [-0.2, -0.15) is 0 Å². The first kappa shape index (κ1) is 10.5. The molecule has 0 amide bonds. The van der Waals surface area contributed by atoms with Crippen LogP contribution in [0.1, 0.15) is 13.8 Å². The van der Waals surface area contributed by atoms with Crippen LogP contribution in [0.15, 0.2) is 48.2 Å². The summed E-state index contributed by atoms with van der Waals surface area (Å²) in [6.07, 6.45) is 1.94. The minimum Gasteiger partial charge on any atom is -0.356 e. The van der Waals surface area contributed by atoms with Crippen LogP contribution < -0.4 is 5.32 Å². The minimum atomic E-state index is -0.229. The zero-order valence-corrected chi connectivity index (χ0v) is 8.47. The van der Waals surface area contributed by atoms with E-state index in [4.69, 9.17) is 0 Å². The van der Waals surface area contributed by atoms with E-state index in [9.17, 15) is 4.39 Å². The van der Waals surface area contributed by atoms with Crippen LogP contribution >= 0.6 is 0 Å². The molecule has 1 nitrogen and oxygen atoms in total. The second-order valence-electron chi connectivity index (χ2n) is 3.11. The Morgan fingerprint density at radius 2 is 1.93 bits per heavy atom. The standard InChI is InChI=1S/C12H14FN/c1-4-12(9(2)3)14-11-7-5-10(13)6-8-11/h4-8,14H,2H2,1,3H3/b12-4-. The summed E-state index contributed by atoms with van der Waals surface area (Å²) >= 11 is 0. The Kier molecular flexibility index (Phi) is 3.46. The molecule has 14 heavy (non-hydrogen) atoms. The molecular formula is C12H14FN. The highest BCUT2D eigenvalue weighted by Gasteiger charge is 1.97. The van der Waals surface area contributed by atoms with Crippen molar-refractivity contribution in [2.45, 2.75) is 13.8 Å². The molecule has 1 rings (SSSR count). The topological polar surface area (TPSA) is 12.0 Å². The maximum absolute atomic E-state index is 12.6. The second kappa shape index (κ2) is 4.61. The predicted octanol–water partition coefficient (Wildman–Crippen LogP) is 3.72. The van der Waals surface area contributed by atoms with Gasteiger partial charge in [-0.25, -0.2) is 4.39 Å². The average molecular weight is 191 g/mol. The molecule has 74 valence electrons. The number of hydrogen-bond acceptors (Lipinski definition) is 1. The van der Waals surface area contributed by atoms with Crippen molar-refractivity contribution >= 4 is 5.69 Å². The summed E-state index contributed by atoms with van der Waals surface area (Å²) in [5.74, 6) is -0.229. The van der Waals surface area contributed by atoms with E-state index in [1.165, 1.54) is 12.1 Å². The van der Waals surface area contributed by atoms with Gasteiger partial charge in [0.2, 0.25) is 0 Å². The highest BCUT2D eigenvalue weighted by Crippen LogP contribution is 2.14. The first-order valence-corrected chi connectivity index (χ1v) is 4.48. The molecule has 0 unspecified atom stereocenters. The van der Waals surface area contributed by atoms with Crippen LogP contribution in [0.25, 0.3) is 0 Å². The van der Waals surface area contributed by atoms with Crippen LogP contribution in [-0.2, 0) is 0 Å². The molecule has 0 aliphatic heterocycles. The number of nitrogens with one attached hydrogen (secondary N) is 1. The van der Waals surface area contributed by atoms with Crippen molar-refractivity contribution in [3.05, 3.63) is 54.0 Å². The van der Waals surface area contributed by atoms with E-state index >= 15 is 0 Å². The number of benzene rings is 1. The van der Waals surface area contributed by atoms with Gasteiger partial charge in [0.15, 0.2) is 0 Å². The largest absolute Gasteiger partial charge is 0.356 e. The Morgan fingerprint density at radius 3 is 2.36 bits per heavy atom. The fourth-order valence-corrected chi connectivity index (χ4v) is 1.11. The third-order valence-corrected chi connectivity index (χ3v) is 1.87. The van der Waals surface area contributed by atoms with Crippen LogP contribution in [0, 0.1) is 5.82 Å². The van der Waals surface area contributed by atoms with Gasteiger partial charge in [0.25, 0.3) is 0 Å². The minimum absolute atomic E-state index is 0.229. The van der Waals surface area contributed by atoms with Crippen LogP contribution in [-0.4, -0.2) is 0 Å². The maximum atomic E-state index is 12.6. The van der Waals surface area contributed by atoms with E-state index in [-0.39, 0.29) is 5.82 Å². The molecular weight excluding hydrogens is 177 g/mol. The quantitative estimate of drug-likeness (QED) is 0.718. The van der Waals surface area contributed by atoms with Gasteiger partial charge in [-0.15, -0.1) is 0 Å². The molecule has 0 saturated heterocycles. The van der Waals surface area contributed by atoms with E-state index in [0.29, 0.717) is 0 Å². The Bertz CT molecular complexity index is 349. The molecule has 0 aliphatic carbocycles. The van der Waals surface area contributed by atoms with Gasteiger partial charge in [-0.05, 0) is 43.7 Å². The van der Waals surface area contributed by atoms with Crippen LogP contribution in [0.5, 0.6) is 0 Å². The molecule has 1 N–H and O–H groups in total. The van der Waals surface area contributed by atoms with Crippen molar-refractivity contribution < 1.29 is 4.39 Å². The first-order chi connectivity index (χ1) is 6.63. The van der Waals surface area contributed by atoms with Gasteiger partial charge in [-0.3, -0.25) is 0 Å². The zero-order valence-electron chi connectivity index (χ0n) is 8.47. The third kappa shape index (κ3) is 2.73. The van der Waals surface area contributed by atoms with Crippen LogP contribution in [0.2, 0.25) is 0 Å². The second-order valence-corrected chi connectivity index (χ2v) is 3.11. The SMILES string of the molecule is C=C(C)/C(=C/C)Nc1ccc(F)cc1. The van der Waals surface area contributed by atoms with E-state index in [1.54, 1.807) is 12.1 Å². The Balaban J connectivity index is 2.78. The van der Waals surface area contributed by atoms with Gasteiger partial charge in [-0.1, -0.05) is 12.7 Å². The molecule has 0 saturated carbocycles. The molecule has 0 fully saturated rings. The van der Waals surface area contributed by atoms with Gasteiger partial charge in [0.05, 0.1) is 0 Å². The van der Waals surface area contributed by atoms with Crippen LogP contribution in [0.3, 0.4) is 0 Å². The summed E-state index contributed by atoms with van der Waals surface area (Å²) < 4.78 is 12.6. The lowest BCUT2D eigenvalue weighted by Crippen LogP contribution is -1.99. The lowest BCUT2D eigenvalue weighted by molar-refractivity contribution is 0.628. The molecule has 2 heteroatoms. The number of rotatable bonds is 3. The summed E-state index contributed by atoms with van der Waals surface area (Å²) in [5.41, 5.74) is 2.77. The third-order valence-electron chi connectivity index (χ3n) is 1.87. The van der Waals surface area contributed by atoms with Crippen molar-refractivity contribution in [1.82, 2.24) is 0 Å². The number of anilines is 1. The van der Waals surface area contributed by atoms with Crippen LogP contribution in [0.4, 0.5) is 10.1 Å². The molecule has 0 bridgehead atoms. The fraction of sp³-hybridized carbons (Fsp3) is 0.167. The van der Waals surface area contributed by atoms with Crippen molar-refractivity contribution in [1.29, 1.82) is 0 Å². The highest BCUT2D eigenvalue weighted by molar-refractivity contribution is 5.52. The molecule has 1 aromatic rings. The summed E-state index contributed by atoms with van der Waals surface area (Å²) in [6.45, 7) is 7.69. The van der Waals surface area contributed by atoms with E-state index in [0.717, 1.165) is 17.0 Å². The molecule has 1 aromatic carbocycles. The predicted molar refractivity (Wildman–Crippen MR) is 58.6 cm³/mol. The summed E-state index contributed by atoms with van der Waals surface area (Å²) in [7, 11) is 0. The molecule has 0 heterocycles. The normalized spacial score (nSPS) is 11.2. The Hall–Kier alpha value is -1.57. The van der Waals surface area contributed by atoms with Gasteiger partial charge >= 0.3 is 0 Å².